The minimum Gasteiger partial charge on any atom is -0.495 e. The summed E-state index contributed by atoms with van der Waals surface area (Å²) in [6, 6.07) is 19.4. The summed E-state index contributed by atoms with van der Waals surface area (Å²) in [4.78, 5) is 28.8. The van der Waals surface area contributed by atoms with Crippen molar-refractivity contribution in [1.82, 2.24) is 10.2 Å². The Labute approximate surface area is 247 Å². The summed E-state index contributed by atoms with van der Waals surface area (Å²) >= 11 is 6.37. The van der Waals surface area contributed by atoms with Gasteiger partial charge in [-0.3, -0.25) is 13.9 Å². The van der Waals surface area contributed by atoms with Crippen LogP contribution in [-0.4, -0.2) is 50.9 Å². The Morgan fingerprint density at radius 2 is 1.68 bits per heavy atom. The summed E-state index contributed by atoms with van der Waals surface area (Å²) < 4.78 is 34.0. The van der Waals surface area contributed by atoms with Gasteiger partial charge in [0.1, 0.15) is 18.3 Å². The average Bonchev–Trinajstić information content (AvgIpc) is 3.48. The highest BCUT2D eigenvalue weighted by atomic mass is 35.5. The second-order valence-electron chi connectivity index (χ2n) is 10.3. The predicted octanol–water partition coefficient (Wildman–Crippen LogP) is 5.33. The molecular formula is C31H36ClN3O5S. The van der Waals surface area contributed by atoms with Crippen molar-refractivity contribution < 1.29 is 22.7 Å². The van der Waals surface area contributed by atoms with Crippen LogP contribution in [0.25, 0.3) is 0 Å². The van der Waals surface area contributed by atoms with E-state index in [1.54, 1.807) is 37.3 Å². The molecule has 1 fully saturated rings. The van der Waals surface area contributed by atoms with Crippen molar-refractivity contribution >= 4 is 39.1 Å². The van der Waals surface area contributed by atoms with E-state index >= 15 is 0 Å². The van der Waals surface area contributed by atoms with E-state index in [1.165, 1.54) is 30.2 Å². The largest absolute Gasteiger partial charge is 0.495 e. The number of nitrogens with one attached hydrogen (secondary N) is 1. The Hall–Kier alpha value is -3.56. The molecule has 1 aliphatic rings. The van der Waals surface area contributed by atoms with Crippen molar-refractivity contribution in [3.63, 3.8) is 0 Å². The molecule has 1 N–H and O–H groups in total. The van der Waals surface area contributed by atoms with E-state index < -0.39 is 28.5 Å². The smallest absolute Gasteiger partial charge is 0.264 e. The molecule has 0 aromatic heterocycles. The van der Waals surface area contributed by atoms with E-state index in [4.69, 9.17) is 16.3 Å². The number of halogens is 1. The van der Waals surface area contributed by atoms with Crippen molar-refractivity contribution in [2.45, 2.75) is 63.1 Å². The lowest BCUT2D eigenvalue weighted by Gasteiger charge is -2.32. The Morgan fingerprint density at radius 1 is 1.02 bits per heavy atom. The lowest BCUT2D eigenvalue weighted by molar-refractivity contribution is -0.139. The Bertz CT molecular complexity index is 1460. The third kappa shape index (κ3) is 7.40. The maximum absolute atomic E-state index is 14.0. The molecule has 41 heavy (non-hydrogen) atoms. The number of sulfonamides is 1. The lowest BCUT2D eigenvalue weighted by Crippen LogP contribution is -2.52. The van der Waals surface area contributed by atoms with Gasteiger partial charge >= 0.3 is 0 Å². The van der Waals surface area contributed by atoms with Gasteiger partial charge in [-0.1, -0.05) is 72.5 Å². The number of methoxy groups -OCH3 is 1. The van der Waals surface area contributed by atoms with Gasteiger partial charge in [-0.15, -0.1) is 0 Å². The second kappa shape index (κ2) is 13.4. The maximum Gasteiger partial charge on any atom is 0.264 e. The zero-order valence-electron chi connectivity index (χ0n) is 23.5. The summed E-state index contributed by atoms with van der Waals surface area (Å²) in [5, 5.41) is 3.27. The maximum atomic E-state index is 14.0. The number of hydrogen-bond acceptors (Lipinski definition) is 5. The number of ether oxygens (including phenoxy) is 1. The van der Waals surface area contributed by atoms with Crippen LogP contribution in [0.1, 0.15) is 43.7 Å². The van der Waals surface area contributed by atoms with E-state index in [2.05, 4.69) is 5.32 Å². The molecule has 0 radical (unpaired) electrons. The van der Waals surface area contributed by atoms with Crippen LogP contribution in [0.2, 0.25) is 5.02 Å². The van der Waals surface area contributed by atoms with Gasteiger partial charge in [0.05, 0.1) is 22.7 Å². The molecule has 1 atom stereocenters. The van der Waals surface area contributed by atoms with Crippen molar-refractivity contribution in [1.29, 1.82) is 0 Å². The number of carbonyl (C=O) groups excluding carboxylic acids is 2. The van der Waals surface area contributed by atoms with Crippen molar-refractivity contribution in [2.75, 3.05) is 18.0 Å². The Morgan fingerprint density at radius 3 is 2.29 bits per heavy atom. The highest BCUT2D eigenvalue weighted by Gasteiger charge is 2.33. The number of anilines is 1. The molecule has 3 aromatic rings. The first-order valence-corrected chi connectivity index (χ1v) is 15.5. The van der Waals surface area contributed by atoms with Crippen LogP contribution < -0.4 is 14.4 Å². The van der Waals surface area contributed by atoms with E-state index in [-0.39, 0.29) is 34.1 Å². The zero-order valence-corrected chi connectivity index (χ0v) is 25.1. The third-order valence-electron chi connectivity index (χ3n) is 7.38. The van der Waals surface area contributed by atoms with Gasteiger partial charge in [-0.05, 0) is 62.6 Å². The van der Waals surface area contributed by atoms with Crippen molar-refractivity contribution in [3.05, 3.63) is 88.9 Å². The normalized spacial score (nSPS) is 14.3. The molecule has 0 aliphatic heterocycles. The number of nitrogens with zero attached hydrogens (tertiary/aromatic N) is 2. The fourth-order valence-corrected chi connectivity index (χ4v) is 6.60. The van der Waals surface area contributed by atoms with Crippen LogP contribution in [0.5, 0.6) is 5.75 Å². The standard InChI is InChI=1S/C31H36ClN3O5S/c1-22-13-15-24(16-14-22)20-34(23(2)31(37)33-25-9-7-8-10-25)30(36)21-35(26-17-18-29(40-3)28(32)19-26)41(38,39)27-11-5-4-6-12-27/h4-6,11-19,23,25H,7-10,20-21H2,1-3H3,(H,33,37). The molecule has 1 aliphatic carbocycles. The van der Waals surface area contributed by atoms with Crippen LogP contribution in [0.3, 0.4) is 0 Å². The highest BCUT2D eigenvalue weighted by molar-refractivity contribution is 7.92. The number of amides is 2. The van der Waals surface area contributed by atoms with E-state index in [9.17, 15) is 18.0 Å². The number of rotatable bonds is 11. The first-order valence-electron chi connectivity index (χ1n) is 13.7. The molecule has 0 spiro atoms. The monoisotopic (exact) mass is 597 g/mol. The van der Waals surface area contributed by atoms with E-state index in [0.717, 1.165) is 41.1 Å². The topological polar surface area (TPSA) is 96.0 Å². The molecule has 3 aromatic carbocycles. The van der Waals surface area contributed by atoms with Crippen molar-refractivity contribution in [3.8, 4) is 5.75 Å². The summed E-state index contributed by atoms with van der Waals surface area (Å²) in [6.45, 7) is 3.25. The fourth-order valence-electron chi connectivity index (χ4n) is 4.92. The quantitative estimate of drug-likeness (QED) is 0.322. The first-order chi connectivity index (χ1) is 19.6. The minimum absolute atomic E-state index is 0.0249. The average molecular weight is 598 g/mol. The summed E-state index contributed by atoms with van der Waals surface area (Å²) in [5.41, 5.74) is 2.09. The van der Waals surface area contributed by atoms with Gasteiger partial charge in [0.2, 0.25) is 11.8 Å². The van der Waals surface area contributed by atoms with Gasteiger partial charge in [-0.25, -0.2) is 8.42 Å². The van der Waals surface area contributed by atoms with Gasteiger partial charge in [0.15, 0.2) is 0 Å². The SMILES string of the molecule is COc1ccc(N(CC(=O)N(Cc2ccc(C)cc2)C(C)C(=O)NC2CCCC2)S(=O)(=O)c2ccccc2)cc1Cl. The predicted molar refractivity (Wildman–Crippen MR) is 161 cm³/mol. The molecule has 0 heterocycles. The van der Waals surface area contributed by atoms with Gasteiger partial charge in [-0.2, -0.15) is 0 Å². The molecule has 2 amide bonds. The summed E-state index contributed by atoms with van der Waals surface area (Å²) in [5.74, 6) is -0.412. The fraction of sp³-hybridized carbons (Fsp3) is 0.355. The number of carbonyl (C=O) groups is 2. The molecular weight excluding hydrogens is 562 g/mol. The molecule has 1 unspecified atom stereocenters. The number of hydrogen-bond donors (Lipinski definition) is 1. The minimum atomic E-state index is -4.18. The molecule has 0 bridgehead atoms. The van der Waals surface area contributed by atoms with E-state index in [1.807, 2.05) is 31.2 Å². The van der Waals surface area contributed by atoms with Gasteiger partial charge in [0, 0.05) is 12.6 Å². The molecule has 1 saturated carbocycles. The molecule has 218 valence electrons. The van der Waals surface area contributed by atoms with Crippen molar-refractivity contribution in [2.24, 2.45) is 0 Å². The molecule has 10 heteroatoms. The highest BCUT2D eigenvalue weighted by Crippen LogP contribution is 2.32. The van der Waals surface area contributed by atoms with Crippen LogP contribution >= 0.6 is 11.6 Å². The zero-order chi connectivity index (χ0) is 29.6. The second-order valence-corrected chi connectivity index (χ2v) is 12.6. The number of aryl methyl sites for hydroxylation is 1. The van der Waals surface area contributed by atoms with E-state index in [0.29, 0.717) is 5.75 Å². The van der Waals surface area contributed by atoms with Gasteiger partial charge in [0.25, 0.3) is 10.0 Å². The molecule has 0 saturated heterocycles. The summed E-state index contributed by atoms with van der Waals surface area (Å²) in [7, 11) is -2.71. The van der Waals surface area contributed by atoms with Crippen LogP contribution in [0, 0.1) is 6.92 Å². The molecule has 8 nitrogen and oxygen atoms in total. The lowest BCUT2D eigenvalue weighted by atomic mass is 10.1. The summed E-state index contributed by atoms with van der Waals surface area (Å²) in [6.07, 6.45) is 3.93. The van der Waals surface area contributed by atoms with Crippen LogP contribution in [0.4, 0.5) is 5.69 Å². The molecule has 4 rings (SSSR count). The Balaban J connectivity index is 1.70. The first kappa shape index (κ1) is 30.4. The Kier molecular flexibility index (Phi) is 9.94. The number of benzene rings is 3. The van der Waals surface area contributed by atoms with Gasteiger partial charge < -0.3 is 15.0 Å². The van der Waals surface area contributed by atoms with Crippen LogP contribution in [-0.2, 0) is 26.2 Å². The van der Waals surface area contributed by atoms with Crippen LogP contribution in [0.15, 0.2) is 77.7 Å². The third-order valence-corrected chi connectivity index (χ3v) is 9.46.